The summed E-state index contributed by atoms with van der Waals surface area (Å²) in [4.78, 5) is 17.4. The second kappa shape index (κ2) is 9.32. The molecule has 0 bridgehead atoms. The van der Waals surface area contributed by atoms with Crippen molar-refractivity contribution < 1.29 is 17.6 Å². The maximum atomic E-state index is 13.1. The Morgan fingerprint density at radius 1 is 1.06 bits per heavy atom. The van der Waals surface area contributed by atoms with Crippen LogP contribution < -0.4 is 5.32 Å². The third kappa shape index (κ3) is 5.00. The zero-order valence-corrected chi connectivity index (χ0v) is 20.4. The highest BCUT2D eigenvalue weighted by Crippen LogP contribution is 2.30. The standard InChI is InChI=1S/C24H26FN3O3S2/c1-15-12-17(3)21(13-16(15)2)22-14-32-24(26-22)27-23(29)18-8-10-28(11-9-18)33(30,31)20-6-4-19(25)5-7-20/h4-7,12-14,18H,8-11H2,1-3H3,(H,26,27,29). The van der Waals surface area contributed by atoms with Crippen molar-refractivity contribution in [3.05, 3.63) is 64.3 Å². The number of nitrogens with one attached hydrogen (secondary N) is 1. The molecule has 2 aromatic carbocycles. The number of aromatic nitrogens is 1. The summed E-state index contributed by atoms with van der Waals surface area (Å²) in [6.45, 7) is 6.67. The molecule has 0 unspecified atom stereocenters. The molecule has 1 N–H and O–H groups in total. The van der Waals surface area contributed by atoms with Crippen molar-refractivity contribution in [1.82, 2.24) is 9.29 Å². The minimum atomic E-state index is -3.70. The molecule has 1 saturated heterocycles. The van der Waals surface area contributed by atoms with E-state index in [-0.39, 0.29) is 29.8 Å². The highest BCUT2D eigenvalue weighted by molar-refractivity contribution is 7.89. The Morgan fingerprint density at radius 2 is 1.70 bits per heavy atom. The van der Waals surface area contributed by atoms with Gasteiger partial charge in [0.15, 0.2) is 5.13 Å². The average molecular weight is 488 g/mol. The number of piperidine rings is 1. The van der Waals surface area contributed by atoms with Gasteiger partial charge in [-0.2, -0.15) is 4.31 Å². The summed E-state index contributed by atoms with van der Waals surface area (Å²) in [6.07, 6.45) is 0.835. The van der Waals surface area contributed by atoms with E-state index in [0.29, 0.717) is 18.0 Å². The van der Waals surface area contributed by atoms with Crippen LogP contribution in [0, 0.1) is 32.5 Å². The molecule has 9 heteroatoms. The molecule has 0 aliphatic carbocycles. The number of hydrogen-bond acceptors (Lipinski definition) is 5. The number of carbonyl (C=O) groups excluding carboxylic acids is 1. The van der Waals surface area contributed by atoms with E-state index in [9.17, 15) is 17.6 Å². The van der Waals surface area contributed by atoms with Gasteiger partial charge in [-0.05, 0) is 80.6 Å². The summed E-state index contributed by atoms with van der Waals surface area (Å²) in [5.74, 6) is -0.922. The van der Waals surface area contributed by atoms with Gasteiger partial charge in [0, 0.05) is 30.0 Å². The number of thiazole rings is 1. The largest absolute Gasteiger partial charge is 0.302 e. The van der Waals surface area contributed by atoms with E-state index in [0.717, 1.165) is 29.0 Å². The van der Waals surface area contributed by atoms with Crippen molar-refractivity contribution in [3.8, 4) is 11.3 Å². The van der Waals surface area contributed by atoms with E-state index in [1.54, 1.807) is 0 Å². The van der Waals surface area contributed by atoms with Crippen LogP contribution >= 0.6 is 11.3 Å². The number of halogens is 1. The number of sulfonamides is 1. The number of benzene rings is 2. The van der Waals surface area contributed by atoms with Gasteiger partial charge in [-0.15, -0.1) is 11.3 Å². The quantitative estimate of drug-likeness (QED) is 0.554. The van der Waals surface area contributed by atoms with Gasteiger partial charge in [-0.1, -0.05) is 6.07 Å². The van der Waals surface area contributed by atoms with Crippen molar-refractivity contribution in [2.24, 2.45) is 5.92 Å². The van der Waals surface area contributed by atoms with Gasteiger partial charge in [-0.3, -0.25) is 4.79 Å². The van der Waals surface area contributed by atoms with E-state index in [4.69, 9.17) is 0 Å². The molecular weight excluding hydrogens is 461 g/mol. The lowest BCUT2D eigenvalue weighted by Gasteiger charge is -2.30. The van der Waals surface area contributed by atoms with Gasteiger partial charge in [-0.25, -0.2) is 17.8 Å². The zero-order valence-electron chi connectivity index (χ0n) is 18.8. The predicted octanol–water partition coefficient (Wildman–Crippen LogP) is 4.91. The predicted molar refractivity (Wildman–Crippen MR) is 128 cm³/mol. The Morgan fingerprint density at radius 3 is 2.36 bits per heavy atom. The van der Waals surface area contributed by atoms with E-state index < -0.39 is 15.8 Å². The van der Waals surface area contributed by atoms with Gasteiger partial charge in [0.1, 0.15) is 5.82 Å². The number of carbonyl (C=O) groups is 1. The molecule has 1 amide bonds. The van der Waals surface area contributed by atoms with Crippen LogP contribution in [0.2, 0.25) is 0 Å². The molecule has 2 heterocycles. The lowest BCUT2D eigenvalue weighted by atomic mass is 9.97. The second-order valence-electron chi connectivity index (χ2n) is 8.41. The smallest absolute Gasteiger partial charge is 0.243 e. The number of anilines is 1. The topological polar surface area (TPSA) is 79.4 Å². The molecule has 33 heavy (non-hydrogen) atoms. The van der Waals surface area contributed by atoms with E-state index >= 15 is 0 Å². The van der Waals surface area contributed by atoms with Crippen molar-refractivity contribution in [3.63, 3.8) is 0 Å². The van der Waals surface area contributed by atoms with E-state index in [1.165, 1.54) is 38.9 Å². The third-order valence-electron chi connectivity index (χ3n) is 6.13. The Balaban J connectivity index is 1.38. The van der Waals surface area contributed by atoms with Gasteiger partial charge in [0.25, 0.3) is 0 Å². The first kappa shape index (κ1) is 23.5. The summed E-state index contributed by atoms with van der Waals surface area (Å²) >= 11 is 1.38. The second-order valence-corrected chi connectivity index (χ2v) is 11.2. The number of amides is 1. The van der Waals surface area contributed by atoms with E-state index in [2.05, 4.69) is 36.3 Å². The van der Waals surface area contributed by atoms with Crippen molar-refractivity contribution in [1.29, 1.82) is 0 Å². The number of hydrogen-bond donors (Lipinski definition) is 1. The molecular formula is C24H26FN3O3S2. The number of nitrogens with zero attached hydrogens (tertiary/aromatic N) is 2. The summed E-state index contributed by atoms with van der Waals surface area (Å²) in [6, 6.07) is 9.05. The monoisotopic (exact) mass is 487 g/mol. The molecule has 4 rings (SSSR count). The fourth-order valence-electron chi connectivity index (χ4n) is 4.01. The van der Waals surface area contributed by atoms with Crippen LogP contribution in [-0.4, -0.2) is 36.7 Å². The normalized spacial score (nSPS) is 15.5. The van der Waals surface area contributed by atoms with Crippen LogP contribution in [0.3, 0.4) is 0 Å². The first-order chi connectivity index (χ1) is 15.6. The van der Waals surface area contributed by atoms with Crippen molar-refractivity contribution in [2.45, 2.75) is 38.5 Å². The lowest BCUT2D eigenvalue weighted by molar-refractivity contribution is -0.120. The lowest BCUT2D eigenvalue weighted by Crippen LogP contribution is -2.41. The maximum absolute atomic E-state index is 13.1. The van der Waals surface area contributed by atoms with Crippen LogP contribution in [0.5, 0.6) is 0 Å². The maximum Gasteiger partial charge on any atom is 0.243 e. The van der Waals surface area contributed by atoms with E-state index in [1.807, 2.05) is 12.3 Å². The van der Waals surface area contributed by atoms with Crippen LogP contribution in [0.15, 0.2) is 46.7 Å². The molecule has 1 aliphatic heterocycles. The van der Waals surface area contributed by atoms with Gasteiger partial charge >= 0.3 is 0 Å². The van der Waals surface area contributed by atoms with Crippen molar-refractivity contribution >= 4 is 32.4 Å². The molecule has 1 aromatic heterocycles. The Kier molecular flexibility index (Phi) is 6.65. The van der Waals surface area contributed by atoms with Crippen LogP contribution in [0.4, 0.5) is 9.52 Å². The van der Waals surface area contributed by atoms with Gasteiger partial charge in [0.2, 0.25) is 15.9 Å². The fourth-order valence-corrected chi connectivity index (χ4v) is 6.20. The number of aryl methyl sites for hydroxylation is 3. The Bertz CT molecular complexity index is 1280. The molecule has 174 valence electrons. The SMILES string of the molecule is Cc1cc(C)c(-c2csc(NC(=O)C3CCN(S(=O)(=O)c4ccc(F)cc4)CC3)n2)cc1C. The average Bonchev–Trinajstić information content (AvgIpc) is 3.24. The van der Waals surface area contributed by atoms with Crippen molar-refractivity contribution in [2.75, 3.05) is 18.4 Å². The highest BCUT2D eigenvalue weighted by Gasteiger charge is 2.32. The number of rotatable bonds is 5. The van der Waals surface area contributed by atoms with Gasteiger partial charge in [0.05, 0.1) is 10.6 Å². The third-order valence-corrected chi connectivity index (χ3v) is 8.80. The summed E-state index contributed by atoms with van der Waals surface area (Å²) in [5.41, 5.74) is 5.44. The molecule has 1 aliphatic rings. The molecule has 0 saturated carbocycles. The zero-order chi connectivity index (χ0) is 23.8. The minimum absolute atomic E-state index is 0.0590. The highest BCUT2D eigenvalue weighted by atomic mass is 32.2. The fraction of sp³-hybridized carbons (Fsp3) is 0.333. The Labute approximate surface area is 197 Å². The summed E-state index contributed by atoms with van der Waals surface area (Å²) in [5, 5.41) is 5.37. The summed E-state index contributed by atoms with van der Waals surface area (Å²) in [7, 11) is -3.70. The van der Waals surface area contributed by atoms with Gasteiger partial charge < -0.3 is 5.32 Å². The molecule has 3 aromatic rings. The van der Waals surface area contributed by atoms with Crippen LogP contribution in [-0.2, 0) is 14.8 Å². The first-order valence-electron chi connectivity index (χ1n) is 10.8. The molecule has 1 fully saturated rings. The minimum Gasteiger partial charge on any atom is -0.302 e. The van der Waals surface area contributed by atoms with Crippen LogP contribution in [0.25, 0.3) is 11.3 Å². The first-order valence-corrected chi connectivity index (χ1v) is 13.1. The molecule has 0 atom stereocenters. The molecule has 0 radical (unpaired) electrons. The summed E-state index contributed by atoms with van der Waals surface area (Å²) < 4.78 is 40.0. The molecule has 0 spiro atoms. The molecule has 6 nitrogen and oxygen atoms in total. The Hall–Kier alpha value is -2.62. The van der Waals surface area contributed by atoms with Crippen LogP contribution in [0.1, 0.15) is 29.5 Å².